The van der Waals surface area contributed by atoms with Crippen LogP contribution in [0.5, 0.6) is 11.5 Å². The molecule has 0 aliphatic rings. The number of pyridine rings is 1. The van der Waals surface area contributed by atoms with Gasteiger partial charge in [-0.15, -0.1) is 0 Å². The van der Waals surface area contributed by atoms with Crippen LogP contribution < -0.4 is 9.47 Å². The maximum Gasteiger partial charge on any atom is 0.254 e. The average Bonchev–Trinajstić information content (AvgIpc) is 2.82. The molecule has 0 aliphatic carbocycles. The van der Waals surface area contributed by atoms with Crippen LogP contribution in [0.1, 0.15) is 49.9 Å². The summed E-state index contributed by atoms with van der Waals surface area (Å²) in [5, 5.41) is 0.884. The minimum Gasteiger partial charge on any atom is -0.493 e. The van der Waals surface area contributed by atoms with E-state index in [0.29, 0.717) is 17.1 Å². The molecule has 1 amide bonds. The van der Waals surface area contributed by atoms with Crippen LogP contribution in [0, 0.1) is 0 Å². The number of aromatic nitrogens is 1. The van der Waals surface area contributed by atoms with Gasteiger partial charge in [0.05, 0.1) is 31.0 Å². The lowest BCUT2D eigenvalue weighted by molar-refractivity contribution is 0.0753. The van der Waals surface area contributed by atoms with E-state index >= 15 is 0 Å². The van der Waals surface area contributed by atoms with E-state index in [1.807, 2.05) is 53.4 Å². The second-order valence-corrected chi connectivity index (χ2v) is 7.64. The first-order valence-electron chi connectivity index (χ1n) is 11.0. The number of unbranched alkanes of at least 4 members (excludes halogenated alkanes) is 2. The van der Waals surface area contributed by atoms with Gasteiger partial charge in [0, 0.05) is 24.0 Å². The van der Waals surface area contributed by atoms with Gasteiger partial charge < -0.3 is 14.4 Å². The minimum atomic E-state index is 0.0715. The van der Waals surface area contributed by atoms with Crippen LogP contribution >= 0.6 is 0 Å². The van der Waals surface area contributed by atoms with Crippen LogP contribution in [0.4, 0.5) is 0 Å². The molecule has 0 N–H and O–H groups in total. The average molecular weight is 421 g/mol. The Bertz CT molecular complexity index is 1020. The first kappa shape index (κ1) is 22.6. The maximum absolute atomic E-state index is 13.6. The number of methoxy groups -OCH3 is 2. The van der Waals surface area contributed by atoms with E-state index in [1.165, 1.54) is 0 Å². The molecule has 1 heterocycles. The zero-order valence-electron chi connectivity index (χ0n) is 19.0. The summed E-state index contributed by atoms with van der Waals surface area (Å²) in [5.41, 5.74) is 3.13. The van der Waals surface area contributed by atoms with E-state index in [2.05, 4.69) is 13.8 Å². The van der Waals surface area contributed by atoms with Crippen molar-refractivity contribution in [2.24, 2.45) is 0 Å². The van der Waals surface area contributed by atoms with Crippen molar-refractivity contribution in [2.75, 3.05) is 27.3 Å². The highest BCUT2D eigenvalue weighted by Gasteiger charge is 2.20. The topological polar surface area (TPSA) is 51.7 Å². The van der Waals surface area contributed by atoms with Gasteiger partial charge in [-0.2, -0.15) is 0 Å². The van der Waals surface area contributed by atoms with Crippen LogP contribution in [-0.4, -0.2) is 43.1 Å². The molecular formula is C26H32N2O3. The highest BCUT2D eigenvalue weighted by Crippen LogP contribution is 2.33. The predicted molar refractivity (Wildman–Crippen MR) is 126 cm³/mol. The molecule has 3 aromatic rings. The molecule has 0 saturated carbocycles. The van der Waals surface area contributed by atoms with Crippen molar-refractivity contribution in [2.45, 2.75) is 39.5 Å². The predicted octanol–water partition coefficient (Wildman–Crippen LogP) is 5.96. The van der Waals surface area contributed by atoms with Gasteiger partial charge in [0.15, 0.2) is 11.5 Å². The van der Waals surface area contributed by atoms with E-state index in [1.54, 1.807) is 14.2 Å². The van der Waals surface area contributed by atoms with Crippen LogP contribution in [0.25, 0.3) is 22.2 Å². The number of amides is 1. The minimum absolute atomic E-state index is 0.0715. The number of rotatable bonds is 10. The van der Waals surface area contributed by atoms with Crippen LogP contribution in [0.2, 0.25) is 0 Å². The first-order chi connectivity index (χ1) is 15.1. The summed E-state index contributed by atoms with van der Waals surface area (Å²) in [6.45, 7) is 5.86. The maximum atomic E-state index is 13.6. The van der Waals surface area contributed by atoms with Crippen molar-refractivity contribution in [3.8, 4) is 22.8 Å². The van der Waals surface area contributed by atoms with E-state index in [0.717, 1.165) is 60.9 Å². The number of para-hydroxylation sites is 1. The molecule has 0 radical (unpaired) electrons. The molecular weight excluding hydrogens is 388 g/mol. The lowest BCUT2D eigenvalue weighted by Gasteiger charge is -2.23. The third-order valence-corrected chi connectivity index (χ3v) is 5.48. The van der Waals surface area contributed by atoms with Gasteiger partial charge in [-0.25, -0.2) is 4.98 Å². The van der Waals surface area contributed by atoms with Gasteiger partial charge in [0.1, 0.15) is 0 Å². The summed E-state index contributed by atoms with van der Waals surface area (Å²) >= 11 is 0. The number of hydrogen-bond acceptors (Lipinski definition) is 4. The summed E-state index contributed by atoms with van der Waals surface area (Å²) in [6.07, 6.45) is 4.12. The largest absolute Gasteiger partial charge is 0.493 e. The number of ether oxygens (including phenoxy) is 2. The van der Waals surface area contributed by atoms with Gasteiger partial charge in [0.25, 0.3) is 5.91 Å². The quantitative estimate of drug-likeness (QED) is 0.406. The van der Waals surface area contributed by atoms with E-state index in [-0.39, 0.29) is 5.91 Å². The normalized spacial score (nSPS) is 10.8. The Morgan fingerprint density at radius 1 is 0.903 bits per heavy atom. The number of benzene rings is 2. The molecule has 3 rings (SSSR count). The number of fused-ring (bicyclic) bond motifs is 1. The molecule has 31 heavy (non-hydrogen) atoms. The monoisotopic (exact) mass is 420 g/mol. The Balaban J connectivity index is 2.10. The molecule has 0 unspecified atom stereocenters. The fourth-order valence-corrected chi connectivity index (χ4v) is 3.68. The first-order valence-corrected chi connectivity index (χ1v) is 11.0. The number of carbonyl (C=O) groups excluding carboxylic acids is 1. The second-order valence-electron chi connectivity index (χ2n) is 7.64. The molecule has 5 heteroatoms. The molecule has 0 aliphatic heterocycles. The van der Waals surface area contributed by atoms with Gasteiger partial charge in [-0.3, -0.25) is 4.79 Å². The van der Waals surface area contributed by atoms with Crippen molar-refractivity contribution in [3.05, 3.63) is 54.1 Å². The number of hydrogen-bond donors (Lipinski definition) is 0. The Hall–Kier alpha value is -3.08. The molecule has 0 saturated heterocycles. The number of nitrogens with zero attached hydrogens (tertiary/aromatic N) is 2. The van der Waals surface area contributed by atoms with E-state index < -0.39 is 0 Å². The Labute approximate surface area is 185 Å². The molecule has 0 atom stereocenters. The van der Waals surface area contributed by atoms with Crippen LogP contribution in [-0.2, 0) is 0 Å². The molecule has 2 aromatic carbocycles. The van der Waals surface area contributed by atoms with Gasteiger partial charge in [-0.1, -0.05) is 44.9 Å². The SMILES string of the molecule is CCCCN(CCCC)C(=O)c1cc(-c2ccc(OC)c(OC)c2)nc2ccccc12. The molecule has 5 nitrogen and oxygen atoms in total. The highest BCUT2D eigenvalue weighted by molar-refractivity contribution is 6.07. The van der Waals surface area contributed by atoms with Crippen molar-refractivity contribution in [3.63, 3.8) is 0 Å². The van der Waals surface area contributed by atoms with E-state index in [9.17, 15) is 4.79 Å². The number of carbonyl (C=O) groups is 1. The fourth-order valence-electron chi connectivity index (χ4n) is 3.68. The second kappa shape index (κ2) is 10.8. The molecule has 1 aromatic heterocycles. The van der Waals surface area contributed by atoms with Crippen molar-refractivity contribution in [1.82, 2.24) is 9.88 Å². The van der Waals surface area contributed by atoms with Crippen molar-refractivity contribution < 1.29 is 14.3 Å². The van der Waals surface area contributed by atoms with Gasteiger partial charge >= 0.3 is 0 Å². The Morgan fingerprint density at radius 3 is 2.23 bits per heavy atom. The third kappa shape index (κ3) is 5.16. The third-order valence-electron chi connectivity index (χ3n) is 5.48. The van der Waals surface area contributed by atoms with Crippen molar-refractivity contribution in [1.29, 1.82) is 0 Å². The smallest absolute Gasteiger partial charge is 0.254 e. The zero-order valence-corrected chi connectivity index (χ0v) is 19.0. The highest BCUT2D eigenvalue weighted by atomic mass is 16.5. The lowest BCUT2D eigenvalue weighted by Crippen LogP contribution is -2.33. The fraction of sp³-hybridized carbons (Fsp3) is 0.385. The van der Waals surface area contributed by atoms with Gasteiger partial charge in [-0.05, 0) is 43.2 Å². The Kier molecular flexibility index (Phi) is 7.88. The Morgan fingerprint density at radius 2 is 1.58 bits per heavy atom. The molecule has 164 valence electrons. The van der Waals surface area contributed by atoms with Crippen LogP contribution in [0.15, 0.2) is 48.5 Å². The summed E-state index contributed by atoms with van der Waals surface area (Å²) in [7, 11) is 3.23. The standard InChI is InChI=1S/C26H32N2O3/c1-5-7-15-28(16-8-6-2)26(29)21-18-23(27-22-12-10-9-11-20(21)22)19-13-14-24(30-3)25(17-19)31-4/h9-14,17-18H,5-8,15-16H2,1-4H3. The summed E-state index contributed by atoms with van der Waals surface area (Å²) in [4.78, 5) is 20.5. The molecule has 0 bridgehead atoms. The lowest BCUT2D eigenvalue weighted by atomic mass is 10.0. The zero-order chi connectivity index (χ0) is 22.2. The molecule has 0 fully saturated rings. The molecule has 0 spiro atoms. The van der Waals surface area contributed by atoms with Crippen LogP contribution in [0.3, 0.4) is 0 Å². The van der Waals surface area contributed by atoms with Crippen molar-refractivity contribution >= 4 is 16.8 Å². The summed E-state index contributed by atoms with van der Waals surface area (Å²) in [5.74, 6) is 1.37. The van der Waals surface area contributed by atoms with Gasteiger partial charge in [0.2, 0.25) is 0 Å². The van der Waals surface area contributed by atoms with E-state index in [4.69, 9.17) is 14.5 Å². The summed E-state index contributed by atoms with van der Waals surface area (Å²) < 4.78 is 10.8. The summed E-state index contributed by atoms with van der Waals surface area (Å²) in [6, 6.07) is 15.5.